The summed E-state index contributed by atoms with van der Waals surface area (Å²) in [7, 11) is 0. The van der Waals surface area contributed by atoms with Crippen LogP contribution in [0.1, 0.15) is 34.2 Å². The fourth-order valence-electron chi connectivity index (χ4n) is 2.49. The summed E-state index contributed by atoms with van der Waals surface area (Å²) in [4.78, 5) is 24.5. The first kappa shape index (κ1) is 19.2. The van der Waals surface area contributed by atoms with Crippen LogP contribution >= 0.6 is 0 Å². The van der Waals surface area contributed by atoms with Gasteiger partial charge in [-0.1, -0.05) is 0 Å². The third-order valence-corrected chi connectivity index (χ3v) is 3.79. The predicted molar refractivity (Wildman–Crippen MR) is 95.4 cm³/mol. The van der Waals surface area contributed by atoms with Crippen molar-refractivity contribution in [1.29, 1.82) is 31.6 Å². The second-order valence-electron chi connectivity index (χ2n) is 5.43. The van der Waals surface area contributed by atoms with Crippen LogP contribution in [0.5, 0.6) is 0 Å². The van der Waals surface area contributed by atoms with Gasteiger partial charge in [-0.25, -0.2) is 19.9 Å². The number of aliphatic imine (C=N–C) groups is 2. The minimum Gasteiger partial charge on any atom is -0.265 e. The van der Waals surface area contributed by atoms with Gasteiger partial charge in [0.1, 0.15) is 47.8 Å². The average Bonchev–Trinajstić information content (AvgIpc) is 2.79. The predicted octanol–water partition coefficient (Wildman–Crippen LogP) is 0.363. The van der Waals surface area contributed by atoms with Gasteiger partial charge < -0.3 is 0 Å². The highest BCUT2D eigenvalue weighted by Gasteiger charge is 2.23. The van der Waals surface area contributed by atoms with Crippen molar-refractivity contribution in [2.45, 2.75) is 13.1 Å². The van der Waals surface area contributed by atoms with E-state index in [9.17, 15) is 31.6 Å². The molecule has 0 N–H and O–H groups in total. The van der Waals surface area contributed by atoms with E-state index in [4.69, 9.17) is 0 Å². The normalized spacial score (nSPS) is 11.9. The van der Waals surface area contributed by atoms with E-state index in [1.807, 2.05) is 0 Å². The Labute approximate surface area is 168 Å². The number of fused-ring (bicyclic) bond motifs is 3. The van der Waals surface area contributed by atoms with Crippen molar-refractivity contribution in [3.8, 4) is 47.8 Å². The van der Waals surface area contributed by atoms with Gasteiger partial charge in [0.05, 0.1) is 24.5 Å². The molecule has 3 heterocycles. The van der Waals surface area contributed by atoms with E-state index < -0.39 is 0 Å². The molecule has 12 heteroatoms. The third-order valence-electron chi connectivity index (χ3n) is 3.79. The second kappa shape index (κ2) is 7.99. The van der Waals surface area contributed by atoms with Crippen LogP contribution in [0.2, 0.25) is 0 Å². The van der Waals surface area contributed by atoms with Crippen molar-refractivity contribution in [2.75, 3.05) is 0 Å². The summed E-state index contributed by atoms with van der Waals surface area (Å²) >= 11 is 0. The summed E-state index contributed by atoms with van der Waals surface area (Å²) in [6.45, 7) is -0.565. The highest BCUT2D eigenvalue weighted by Crippen LogP contribution is 2.26. The van der Waals surface area contributed by atoms with Crippen molar-refractivity contribution in [2.24, 2.45) is 9.98 Å². The average molecular weight is 388 g/mol. The first-order valence-corrected chi connectivity index (χ1v) is 7.92. The molecule has 0 fully saturated rings. The molecule has 30 heavy (non-hydrogen) atoms. The zero-order chi connectivity index (χ0) is 21.7. The van der Waals surface area contributed by atoms with Crippen LogP contribution in [0, 0.1) is 68.0 Å². The Morgan fingerprint density at radius 2 is 0.800 bits per heavy atom. The lowest BCUT2D eigenvalue weighted by Gasteiger charge is -2.12. The highest BCUT2D eigenvalue weighted by atomic mass is 15.0. The molecule has 0 bridgehead atoms. The molecule has 0 unspecified atom stereocenters. The fraction of sp³-hybridized carbons (Fsp3) is 0.111. The Morgan fingerprint density at radius 3 is 1.10 bits per heavy atom. The molecule has 0 atom stereocenters. The molecule has 0 saturated heterocycles. The van der Waals surface area contributed by atoms with E-state index in [1.165, 1.54) is 0 Å². The molecule has 0 aromatic carbocycles. The minimum absolute atomic E-state index is 0.00527. The molecule has 136 valence electrons. The summed E-state index contributed by atoms with van der Waals surface area (Å²) in [5, 5.41) is 55.7. The summed E-state index contributed by atoms with van der Waals surface area (Å²) in [6, 6.07) is 10.6. The molecule has 2 aromatic rings. The van der Waals surface area contributed by atoms with Gasteiger partial charge in [-0.15, -0.1) is 0 Å². The van der Waals surface area contributed by atoms with Gasteiger partial charge in [-0.3, -0.25) is 9.98 Å². The third kappa shape index (κ3) is 3.24. The molecule has 1 aliphatic heterocycles. The van der Waals surface area contributed by atoms with Gasteiger partial charge >= 0.3 is 0 Å². The lowest BCUT2D eigenvalue weighted by Crippen LogP contribution is -2.15. The summed E-state index contributed by atoms with van der Waals surface area (Å²) in [6.07, 6.45) is 0. The van der Waals surface area contributed by atoms with E-state index in [2.05, 4.69) is 29.9 Å². The van der Waals surface area contributed by atoms with Crippen molar-refractivity contribution < 1.29 is 0 Å². The van der Waals surface area contributed by atoms with Crippen LogP contribution in [0.3, 0.4) is 0 Å². The van der Waals surface area contributed by atoms with Gasteiger partial charge in [0.15, 0.2) is 34.2 Å². The first-order valence-electron chi connectivity index (χ1n) is 7.92. The number of aromatic nitrogens is 4. The lowest BCUT2D eigenvalue weighted by molar-refractivity contribution is 0.913. The molecule has 0 spiro atoms. The Morgan fingerprint density at radius 1 is 0.467 bits per heavy atom. The maximum absolute atomic E-state index is 9.30. The maximum atomic E-state index is 9.30. The lowest BCUT2D eigenvalue weighted by atomic mass is 10.1. The second-order valence-corrected chi connectivity index (χ2v) is 5.43. The van der Waals surface area contributed by atoms with Crippen LogP contribution in [0.4, 0.5) is 0 Å². The van der Waals surface area contributed by atoms with Crippen molar-refractivity contribution >= 4 is 11.4 Å². The van der Waals surface area contributed by atoms with Crippen LogP contribution in [-0.2, 0) is 13.1 Å². The molecular weight excluding hydrogens is 384 g/mol. The summed E-state index contributed by atoms with van der Waals surface area (Å²) in [5.74, 6) is 0. The van der Waals surface area contributed by atoms with Gasteiger partial charge in [-0.05, 0) is 0 Å². The van der Waals surface area contributed by atoms with Crippen molar-refractivity contribution in [1.82, 2.24) is 19.9 Å². The number of hydrogen-bond acceptors (Lipinski definition) is 12. The van der Waals surface area contributed by atoms with Crippen LogP contribution < -0.4 is 0 Å². The zero-order valence-corrected chi connectivity index (χ0v) is 14.8. The fourth-order valence-corrected chi connectivity index (χ4v) is 2.49. The minimum atomic E-state index is -0.283. The Bertz CT molecular complexity index is 1290. The quantitative estimate of drug-likeness (QED) is 0.602. The molecule has 12 nitrogen and oxygen atoms in total. The van der Waals surface area contributed by atoms with E-state index in [0.29, 0.717) is 0 Å². The van der Waals surface area contributed by atoms with E-state index in [0.717, 1.165) is 0 Å². The highest BCUT2D eigenvalue weighted by molar-refractivity contribution is 6.53. The Hall–Kier alpha value is -5.56. The van der Waals surface area contributed by atoms with Crippen LogP contribution in [0.25, 0.3) is 11.4 Å². The Balaban J connectivity index is 2.45. The number of rotatable bonds is 0. The van der Waals surface area contributed by atoms with Gasteiger partial charge in [0, 0.05) is 0 Å². The first-order chi connectivity index (χ1) is 14.6. The number of nitrogens with zero attached hydrogens (tertiary/aromatic N) is 12. The van der Waals surface area contributed by atoms with Gasteiger partial charge in [0.2, 0.25) is 0 Å². The van der Waals surface area contributed by atoms with E-state index in [1.54, 1.807) is 36.4 Å². The molecule has 1 aliphatic rings. The largest absolute Gasteiger partial charge is 0.265 e. The number of nitriles is 6. The van der Waals surface area contributed by atoms with Crippen molar-refractivity contribution in [3.63, 3.8) is 0 Å². The van der Waals surface area contributed by atoms with E-state index in [-0.39, 0.29) is 70.1 Å². The zero-order valence-electron chi connectivity index (χ0n) is 14.8. The topological polar surface area (TPSA) is 219 Å². The Kier molecular flexibility index (Phi) is 5.11. The molecule has 0 radical (unpaired) electrons. The van der Waals surface area contributed by atoms with Crippen molar-refractivity contribution in [3.05, 3.63) is 34.2 Å². The SMILES string of the molecule is N#CC1=NCc2nc(C#N)c(C#N)nc2-c2nc(C#N)c(C#N)nc2CN=C1C#N. The monoisotopic (exact) mass is 388 g/mol. The smallest absolute Gasteiger partial charge is 0.177 e. The van der Waals surface area contributed by atoms with Gasteiger partial charge in [-0.2, -0.15) is 31.6 Å². The standard InChI is InChI=1S/C18H4N12/c19-1-9-10(2-20)26-8-16-18(30-14(6-24)12(4-22)28-16)17-15(7-25-9)27-11(3-21)13(5-23)29-17/h7-8H2. The van der Waals surface area contributed by atoms with Crippen LogP contribution in [-0.4, -0.2) is 31.4 Å². The molecule has 2 aromatic heterocycles. The molecule has 3 rings (SSSR count). The van der Waals surface area contributed by atoms with Gasteiger partial charge in [0.25, 0.3) is 0 Å². The van der Waals surface area contributed by atoms with E-state index >= 15 is 0 Å². The molecule has 0 saturated carbocycles. The molecule has 0 amide bonds. The van der Waals surface area contributed by atoms with Crippen LogP contribution in [0.15, 0.2) is 9.98 Å². The maximum Gasteiger partial charge on any atom is 0.177 e. The summed E-state index contributed by atoms with van der Waals surface area (Å²) in [5.41, 5.74) is -1.47. The number of hydrogen-bond donors (Lipinski definition) is 0. The molecular formula is C18H4N12. The summed E-state index contributed by atoms with van der Waals surface area (Å²) < 4.78 is 0. The molecule has 0 aliphatic carbocycles.